The molecule has 1 saturated heterocycles. The molecule has 17 heavy (non-hydrogen) atoms. The Hall–Kier alpha value is -1.27. The number of hydrogen-bond acceptors (Lipinski definition) is 5. The number of morpholine rings is 1. The molecule has 0 saturated carbocycles. The van der Waals surface area contributed by atoms with Crippen molar-refractivity contribution in [3.63, 3.8) is 0 Å². The van der Waals surface area contributed by atoms with Crippen LogP contribution in [0.1, 0.15) is 23.8 Å². The van der Waals surface area contributed by atoms with E-state index in [-0.39, 0.29) is 11.9 Å². The number of aryl methyl sites for hydroxylation is 1. The first-order valence-corrected chi connectivity index (χ1v) is 5.95. The van der Waals surface area contributed by atoms with Gasteiger partial charge in [0.2, 0.25) is 5.78 Å². The molecule has 1 aromatic rings. The predicted octanol–water partition coefficient (Wildman–Crippen LogP) is 0.109. The Bertz CT molecular complexity index is 389. The van der Waals surface area contributed by atoms with Crippen molar-refractivity contribution in [2.75, 3.05) is 26.2 Å². The lowest BCUT2D eigenvalue weighted by Crippen LogP contribution is -2.46. The second-order valence-electron chi connectivity index (χ2n) is 4.27. The molecule has 0 N–H and O–H groups in total. The molecule has 0 radical (unpaired) electrons. The summed E-state index contributed by atoms with van der Waals surface area (Å²) in [6.45, 7) is 5.33. The number of hydrogen-bond donors (Lipinski definition) is 0. The van der Waals surface area contributed by atoms with Gasteiger partial charge in [-0.1, -0.05) is 12.1 Å². The maximum atomic E-state index is 12.2. The molecule has 94 valence electrons. The fraction of sp³-hybridized carbons (Fsp3) is 0.727. The van der Waals surface area contributed by atoms with Crippen LogP contribution in [0.25, 0.3) is 0 Å². The average Bonchev–Trinajstić information content (AvgIpc) is 2.75. The van der Waals surface area contributed by atoms with Crippen LogP contribution in [0, 0.1) is 0 Å². The summed E-state index contributed by atoms with van der Waals surface area (Å²) >= 11 is 0. The third-order valence-electron chi connectivity index (χ3n) is 2.95. The Morgan fingerprint density at radius 3 is 3.12 bits per heavy atom. The van der Waals surface area contributed by atoms with Crippen LogP contribution in [0.2, 0.25) is 0 Å². The Labute approximate surface area is 101 Å². The second kappa shape index (κ2) is 5.37. The fourth-order valence-electron chi connectivity index (χ4n) is 2.06. The summed E-state index contributed by atoms with van der Waals surface area (Å²) in [7, 11) is 1.72. The van der Waals surface area contributed by atoms with E-state index in [2.05, 4.69) is 22.1 Å². The van der Waals surface area contributed by atoms with Gasteiger partial charge in [0.05, 0.1) is 12.8 Å². The Morgan fingerprint density at radius 1 is 1.65 bits per heavy atom. The van der Waals surface area contributed by atoms with E-state index in [1.54, 1.807) is 7.05 Å². The molecular formula is C11H18N4O2. The number of aromatic nitrogens is 3. The van der Waals surface area contributed by atoms with Crippen LogP contribution in [0.15, 0.2) is 6.20 Å². The van der Waals surface area contributed by atoms with Crippen LogP contribution < -0.4 is 0 Å². The van der Waals surface area contributed by atoms with E-state index in [1.165, 1.54) is 10.9 Å². The third-order valence-corrected chi connectivity index (χ3v) is 2.95. The molecule has 1 aliphatic rings. The van der Waals surface area contributed by atoms with E-state index in [0.29, 0.717) is 18.8 Å². The van der Waals surface area contributed by atoms with Crippen molar-refractivity contribution in [2.45, 2.75) is 19.4 Å². The summed E-state index contributed by atoms with van der Waals surface area (Å²) in [6.07, 6.45) is 2.20. The molecule has 0 aliphatic carbocycles. The number of ketones is 1. The molecule has 2 heterocycles. The van der Waals surface area contributed by atoms with E-state index in [1.807, 2.05) is 0 Å². The van der Waals surface area contributed by atoms with Gasteiger partial charge < -0.3 is 4.74 Å². The van der Waals surface area contributed by atoms with Gasteiger partial charge in [0, 0.05) is 20.1 Å². The summed E-state index contributed by atoms with van der Waals surface area (Å²) in [4.78, 5) is 14.4. The van der Waals surface area contributed by atoms with Gasteiger partial charge in [0.15, 0.2) is 0 Å². The molecular weight excluding hydrogens is 220 g/mol. The van der Waals surface area contributed by atoms with Crippen molar-refractivity contribution in [2.24, 2.45) is 7.05 Å². The number of carbonyl (C=O) groups is 1. The second-order valence-corrected chi connectivity index (χ2v) is 4.27. The van der Waals surface area contributed by atoms with Gasteiger partial charge in [-0.25, -0.2) is 4.68 Å². The summed E-state index contributed by atoms with van der Waals surface area (Å²) in [5.74, 6) is -0.0293. The van der Waals surface area contributed by atoms with Crippen LogP contribution in [0.3, 0.4) is 0 Å². The molecule has 1 aromatic heterocycles. The third kappa shape index (κ3) is 2.70. The summed E-state index contributed by atoms with van der Waals surface area (Å²) in [5.41, 5.74) is 0.508. The molecule has 1 aliphatic heterocycles. The lowest BCUT2D eigenvalue weighted by atomic mass is 10.1. The van der Waals surface area contributed by atoms with E-state index in [9.17, 15) is 4.79 Å². The van der Waals surface area contributed by atoms with Crippen LogP contribution >= 0.6 is 0 Å². The minimum absolute atomic E-state index is 0.0293. The molecule has 0 amide bonds. The highest BCUT2D eigenvalue weighted by Gasteiger charge is 2.28. The molecule has 1 unspecified atom stereocenters. The number of rotatable bonds is 4. The number of Topliss-reactive ketones (excluding diaryl/α,β-unsaturated/α-hetero) is 1. The Kier molecular flexibility index (Phi) is 3.86. The molecule has 1 atom stereocenters. The van der Waals surface area contributed by atoms with Crippen LogP contribution in [-0.4, -0.2) is 58.0 Å². The van der Waals surface area contributed by atoms with Crippen molar-refractivity contribution >= 4 is 5.78 Å². The van der Waals surface area contributed by atoms with E-state index >= 15 is 0 Å². The summed E-state index contributed by atoms with van der Waals surface area (Å²) in [6, 6.07) is 0. The first kappa shape index (κ1) is 12.2. The van der Waals surface area contributed by atoms with Gasteiger partial charge in [-0.2, -0.15) is 0 Å². The van der Waals surface area contributed by atoms with Crippen molar-refractivity contribution in [3.8, 4) is 0 Å². The highest BCUT2D eigenvalue weighted by atomic mass is 16.5. The lowest BCUT2D eigenvalue weighted by molar-refractivity contribution is -0.0168. The zero-order valence-corrected chi connectivity index (χ0v) is 10.3. The van der Waals surface area contributed by atoms with Gasteiger partial charge in [0.1, 0.15) is 11.8 Å². The van der Waals surface area contributed by atoms with Gasteiger partial charge in [0.25, 0.3) is 0 Å². The normalized spacial score (nSPS) is 21.6. The maximum Gasteiger partial charge on any atom is 0.212 e. The lowest BCUT2D eigenvalue weighted by Gasteiger charge is -2.31. The van der Waals surface area contributed by atoms with Crippen molar-refractivity contribution < 1.29 is 9.53 Å². The smallest absolute Gasteiger partial charge is 0.212 e. The standard InChI is InChI=1S/C11H18N4O2/c1-3-4-15-5-6-17-10(8-15)11(16)9-7-12-13-14(9)2/h7,10H,3-6,8H2,1-2H3. The molecule has 0 aromatic carbocycles. The minimum Gasteiger partial charge on any atom is -0.367 e. The van der Waals surface area contributed by atoms with Gasteiger partial charge in [-0.05, 0) is 13.0 Å². The van der Waals surface area contributed by atoms with Crippen LogP contribution in [0.4, 0.5) is 0 Å². The first-order valence-electron chi connectivity index (χ1n) is 5.95. The van der Waals surface area contributed by atoms with Crippen molar-refractivity contribution in [1.29, 1.82) is 0 Å². The number of ether oxygens (including phenoxy) is 1. The molecule has 0 spiro atoms. The van der Waals surface area contributed by atoms with Crippen molar-refractivity contribution in [1.82, 2.24) is 19.9 Å². The molecule has 2 rings (SSSR count). The quantitative estimate of drug-likeness (QED) is 0.697. The average molecular weight is 238 g/mol. The highest BCUT2D eigenvalue weighted by Crippen LogP contribution is 2.11. The van der Waals surface area contributed by atoms with Crippen LogP contribution in [-0.2, 0) is 11.8 Å². The predicted molar refractivity (Wildman–Crippen MR) is 61.8 cm³/mol. The Balaban J connectivity index is 2.02. The van der Waals surface area contributed by atoms with E-state index < -0.39 is 0 Å². The Morgan fingerprint density at radius 2 is 2.47 bits per heavy atom. The van der Waals surface area contributed by atoms with Gasteiger partial charge >= 0.3 is 0 Å². The topological polar surface area (TPSA) is 60.2 Å². The zero-order chi connectivity index (χ0) is 12.3. The molecule has 0 bridgehead atoms. The van der Waals surface area contributed by atoms with Crippen molar-refractivity contribution in [3.05, 3.63) is 11.9 Å². The SMILES string of the molecule is CCCN1CCOC(C(=O)c2cnnn2C)C1. The van der Waals surface area contributed by atoms with E-state index in [0.717, 1.165) is 19.5 Å². The monoisotopic (exact) mass is 238 g/mol. The van der Waals surface area contributed by atoms with Gasteiger partial charge in [-0.3, -0.25) is 9.69 Å². The zero-order valence-electron chi connectivity index (χ0n) is 10.3. The van der Waals surface area contributed by atoms with Crippen LogP contribution in [0.5, 0.6) is 0 Å². The molecule has 1 fully saturated rings. The summed E-state index contributed by atoms with van der Waals surface area (Å²) < 4.78 is 7.03. The van der Waals surface area contributed by atoms with Gasteiger partial charge in [-0.15, -0.1) is 5.10 Å². The summed E-state index contributed by atoms with van der Waals surface area (Å²) in [5, 5.41) is 7.48. The highest BCUT2D eigenvalue weighted by molar-refractivity contribution is 5.97. The van der Waals surface area contributed by atoms with E-state index in [4.69, 9.17) is 4.74 Å². The fourth-order valence-corrected chi connectivity index (χ4v) is 2.06. The molecule has 6 nitrogen and oxygen atoms in total. The molecule has 6 heteroatoms. The largest absolute Gasteiger partial charge is 0.367 e. The maximum absolute atomic E-state index is 12.2. The number of carbonyl (C=O) groups excluding carboxylic acids is 1. The first-order chi connectivity index (χ1) is 8.22. The minimum atomic E-state index is -0.382. The number of nitrogens with zero attached hydrogens (tertiary/aromatic N) is 4.